The highest BCUT2D eigenvalue weighted by atomic mass is 19.4. The quantitative estimate of drug-likeness (QED) is 0.754. The number of hydrogen-bond donors (Lipinski definition) is 1. The molecule has 1 aromatic rings. The second-order valence-corrected chi connectivity index (χ2v) is 2.63. The van der Waals surface area contributed by atoms with E-state index in [-0.39, 0.29) is 5.69 Å². The predicted octanol–water partition coefficient (Wildman–Crippen LogP) is 2.68. The summed E-state index contributed by atoms with van der Waals surface area (Å²) < 4.78 is 36.0. The van der Waals surface area contributed by atoms with Crippen molar-refractivity contribution in [3.8, 4) is 0 Å². The first-order chi connectivity index (χ1) is 6.45. The summed E-state index contributed by atoms with van der Waals surface area (Å²) in [6.07, 6.45) is -7.31. The van der Waals surface area contributed by atoms with Crippen molar-refractivity contribution < 1.29 is 18.3 Å². The molecule has 0 aliphatic heterocycles. The van der Waals surface area contributed by atoms with Crippen molar-refractivity contribution in [3.63, 3.8) is 0 Å². The Morgan fingerprint density at radius 2 is 2.00 bits per heavy atom. The fourth-order valence-electron chi connectivity index (χ4n) is 0.941. The molecule has 0 fully saturated rings. The normalized spacial score (nSPS) is 13.7. The van der Waals surface area contributed by atoms with E-state index in [0.29, 0.717) is 0 Å². The average molecular weight is 205 g/mol. The van der Waals surface area contributed by atoms with Crippen LogP contribution in [0.2, 0.25) is 0 Å². The highest BCUT2D eigenvalue weighted by Crippen LogP contribution is 2.33. The molecule has 0 aliphatic rings. The van der Waals surface area contributed by atoms with Crippen molar-refractivity contribution >= 4 is 5.69 Å². The van der Waals surface area contributed by atoms with Crippen LogP contribution in [0.4, 0.5) is 18.9 Å². The minimum absolute atomic E-state index is 0.147. The lowest BCUT2D eigenvalue weighted by Crippen LogP contribution is -2.19. The van der Waals surface area contributed by atoms with Gasteiger partial charge in [0.25, 0.3) is 0 Å². The van der Waals surface area contributed by atoms with E-state index in [2.05, 4.69) is 5.18 Å². The topological polar surface area (TPSA) is 49.7 Å². The first-order valence-electron chi connectivity index (χ1n) is 3.63. The molecule has 0 aromatic heterocycles. The number of hydrogen-bond acceptors (Lipinski definition) is 3. The third kappa shape index (κ3) is 2.29. The molecular weight excluding hydrogens is 199 g/mol. The van der Waals surface area contributed by atoms with Gasteiger partial charge in [0.05, 0.1) is 0 Å². The van der Waals surface area contributed by atoms with Crippen LogP contribution in [0.3, 0.4) is 0 Å². The molecule has 0 aliphatic carbocycles. The zero-order valence-corrected chi connectivity index (χ0v) is 6.82. The van der Waals surface area contributed by atoms with Crippen molar-refractivity contribution in [2.75, 3.05) is 0 Å². The summed E-state index contributed by atoms with van der Waals surface area (Å²) in [6, 6.07) is 4.44. The monoisotopic (exact) mass is 205 g/mol. The van der Waals surface area contributed by atoms with Crippen LogP contribution in [0.25, 0.3) is 0 Å². The molecule has 1 atom stereocenters. The summed E-state index contributed by atoms with van der Waals surface area (Å²) in [7, 11) is 0. The van der Waals surface area contributed by atoms with Crippen LogP contribution < -0.4 is 0 Å². The van der Waals surface area contributed by atoms with Gasteiger partial charge in [-0.1, -0.05) is 12.1 Å². The van der Waals surface area contributed by atoms with Crippen molar-refractivity contribution in [1.82, 2.24) is 0 Å². The molecule has 1 N–H and O–H groups in total. The molecule has 1 rings (SSSR count). The van der Waals surface area contributed by atoms with Gasteiger partial charge >= 0.3 is 6.18 Å². The summed E-state index contributed by atoms with van der Waals surface area (Å²) in [5.74, 6) is 0. The molecule has 0 heterocycles. The zero-order valence-electron chi connectivity index (χ0n) is 6.82. The number of halogens is 3. The van der Waals surface area contributed by atoms with Gasteiger partial charge in [-0.15, -0.1) is 4.91 Å². The first kappa shape index (κ1) is 10.6. The van der Waals surface area contributed by atoms with Crippen molar-refractivity contribution in [1.29, 1.82) is 0 Å². The minimum atomic E-state index is -4.73. The van der Waals surface area contributed by atoms with Gasteiger partial charge in [0.15, 0.2) is 6.10 Å². The molecule has 76 valence electrons. The van der Waals surface area contributed by atoms with Crippen LogP contribution in [-0.4, -0.2) is 11.3 Å². The maximum atomic E-state index is 12.0. The van der Waals surface area contributed by atoms with Gasteiger partial charge in [0.2, 0.25) is 0 Å². The summed E-state index contributed by atoms with van der Waals surface area (Å²) in [6.45, 7) is 0. The van der Waals surface area contributed by atoms with Crippen LogP contribution in [0.5, 0.6) is 0 Å². The molecule has 0 amide bonds. The highest BCUT2D eigenvalue weighted by molar-refractivity contribution is 5.40. The van der Waals surface area contributed by atoms with E-state index in [9.17, 15) is 18.1 Å². The zero-order chi connectivity index (χ0) is 10.8. The molecule has 0 radical (unpaired) electrons. The smallest absolute Gasteiger partial charge is 0.379 e. The van der Waals surface area contributed by atoms with E-state index >= 15 is 0 Å². The maximum Gasteiger partial charge on any atom is 0.418 e. The molecule has 3 nitrogen and oxygen atoms in total. The van der Waals surface area contributed by atoms with Gasteiger partial charge in [-0.3, -0.25) is 0 Å². The standard InChI is InChI=1S/C8H6F3NO2/c9-8(10,11)7(13)5-2-1-3-6(4-5)12-14/h1-4,7,13H. The van der Waals surface area contributed by atoms with Gasteiger partial charge in [0.1, 0.15) is 5.69 Å². The van der Waals surface area contributed by atoms with Gasteiger partial charge in [-0.05, 0) is 22.9 Å². The van der Waals surface area contributed by atoms with Crippen molar-refractivity contribution in [3.05, 3.63) is 34.7 Å². The van der Waals surface area contributed by atoms with E-state index < -0.39 is 17.8 Å². The van der Waals surface area contributed by atoms with Gasteiger partial charge in [-0.25, -0.2) is 0 Å². The number of aliphatic hydroxyl groups excluding tert-OH is 1. The molecule has 0 bridgehead atoms. The van der Waals surface area contributed by atoms with Gasteiger partial charge < -0.3 is 5.11 Å². The fraction of sp³-hybridized carbons (Fsp3) is 0.250. The van der Waals surface area contributed by atoms with Crippen LogP contribution in [0.1, 0.15) is 11.7 Å². The third-order valence-electron chi connectivity index (χ3n) is 1.60. The SMILES string of the molecule is O=Nc1cccc(C(O)C(F)(F)F)c1. The molecule has 0 spiro atoms. The molecule has 6 heteroatoms. The Labute approximate surface area is 77.1 Å². The summed E-state index contributed by atoms with van der Waals surface area (Å²) >= 11 is 0. The molecule has 1 unspecified atom stereocenters. The number of nitroso groups, excluding NO2 is 1. The van der Waals surface area contributed by atoms with Crippen LogP contribution >= 0.6 is 0 Å². The predicted molar refractivity (Wildman–Crippen MR) is 42.9 cm³/mol. The number of rotatable bonds is 2. The molecule has 1 aromatic carbocycles. The molecular formula is C8H6F3NO2. The van der Waals surface area contributed by atoms with Crippen LogP contribution in [0, 0.1) is 4.91 Å². The van der Waals surface area contributed by atoms with Gasteiger partial charge in [-0.2, -0.15) is 13.2 Å². The summed E-state index contributed by atoms with van der Waals surface area (Å²) in [4.78, 5) is 10.0. The second kappa shape index (κ2) is 3.75. The van der Waals surface area contributed by atoms with Crippen LogP contribution in [-0.2, 0) is 0 Å². The Kier molecular flexibility index (Phi) is 2.85. The lowest BCUT2D eigenvalue weighted by atomic mass is 10.1. The Morgan fingerprint density at radius 1 is 1.36 bits per heavy atom. The lowest BCUT2D eigenvalue weighted by molar-refractivity contribution is -0.206. The van der Waals surface area contributed by atoms with E-state index in [4.69, 9.17) is 5.11 Å². The Hall–Kier alpha value is -1.43. The Bertz CT molecular complexity index is 338. The van der Waals surface area contributed by atoms with E-state index in [1.165, 1.54) is 12.1 Å². The van der Waals surface area contributed by atoms with Crippen LogP contribution in [0.15, 0.2) is 29.4 Å². The number of benzene rings is 1. The van der Waals surface area contributed by atoms with Crippen molar-refractivity contribution in [2.45, 2.75) is 12.3 Å². The number of alkyl halides is 3. The Balaban J connectivity index is 3.01. The first-order valence-corrected chi connectivity index (χ1v) is 3.63. The molecule has 14 heavy (non-hydrogen) atoms. The highest BCUT2D eigenvalue weighted by Gasteiger charge is 2.39. The number of nitrogens with zero attached hydrogens (tertiary/aromatic N) is 1. The van der Waals surface area contributed by atoms with E-state index in [1.807, 2.05) is 0 Å². The molecule has 0 saturated heterocycles. The minimum Gasteiger partial charge on any atom is -0.379 e. The fourth-order valence-corrected chi connectivity index (χ4v) is 0.941. The average Bonchev–Trinajstić information content (AvgIpc) is 2.15. The summed E-state index contributed by atoms with van der Waals surface area (Å²) in [5.41, 5.74) is -0.541. The largest absolute Gasteiger partial charge is 0.418 e. The number of aliphatic hydroxyl groups is 1. The summed E-state index contributed by atoms with van der Waals surface area (Å²) in [5, 5.41) is 11.3. The third-order valence-corrected chi connectivity index (χ3v) is 1.60. The van der Waals surface area contributed by atoms with E-state index in [0.717, 1.165) is 12.1 Å². The lowest BCUT2D eigenvalue weighted by Gasteiger charge is -2.14. The van der Waals surface area contributed by atoms with Crippen molar-refractivity contribution in [2.24, 2.45) is 5.18 Å². The van der Waals surface area contributed by atoms with Gasteiger partial charge in [0, 0.05) is 0 Å². The Morgan fingerprint density at radius 3 is 2.50 bits per heavy atom. The van der Waals surface area contributed by atoms with E-state index in [1.54, 1.807) is 0 Å². The second-order valence-electron chi connectivity index (χ2n) is 2.63. The molecule has 0 saturated carbocycles. The maximum absolute atomic E-state index is 12.0.